The Morgan fingerprint density at radius 1 is 1.22 bits per heavy atom. The molecule has 0 aromatic heterocycles. The molecule has 140 valence electrons. The molecule has 0 spiro atoms. The van der Waals surface area contributed by atoms with Gasteiger partial charge in [-0.25, -0.2) is 0 Å². The number of ether oxygens (including phenoxy) is 1. The lowest BCUT2D eigenvalue weighted by Crippen LogP contribution is -2.43. The van der Waals surface area contributed by atoms with E-state index in [4.69, 9.17) is 4.74 Å². The van der Waals surface area contributed by atoms with Gasteiger partial charge in [-0.15, -0.1) is 0 Å². The number of amides is 2. The van der Waals surface area contributed by atoms with Gasteiger partial charge in [0.05, 0.1) is 4.92 Å². The molecule has 0 saturated carbocycles. The van der Waals surface area contributed by atoms with Crippen LogP contribution in [0.2, 0.25) is 0 Å². The summed E-state index contributed by atoms with van der Waals surface area (Å²) in [6, 6.07) is 11.2. The fourth-order valence-corrected chi connectivity index (χ4v) is 2.52. The van der Waals surface area contributed by atoms with Crippen LogP contribution in [0, 0.1) is 17.0 Å². The van der Waals surface area contributed by atoms with E-state index in [0.717, 1.165) is 16.1 Å². The van der Waals surface area contributed by atoms with Gasteiger partial charge in [0.1, 0.15) is 5.75 Å². The highest BCUT2D eigenvalue weighted by Crippen LogP contribution is 2.21. The lowest BCUT2D eigenvalue weighted by Gasteiger charge is -2.09. The van der Waals surface area contributed by atoms with Crippen LogP contribution >= 0.6 is 15.9 Å². The molecule has 0 heterocycles. The predicted molar refractivity (Wildman–Crippen MR) is 103 cm³/mol. The van der Waals surface area contributed by atoms with Crippen LogP contribution in [0.4, 0.5) is 5.69 Å². The van der Waals surface area contributed by atoms with Crippen LogP contribution in [0.5, 0.6) is 5.75 Å². The summed E-state index contributed by atoms with van der Waals surface area (Å²) in [7, 11) is 0. The standard InChI is InChI=1S/C18H16BrN3O5/c1-12-9-14(19)6-7-16(12)27-11-18(24)21-20-17(23)8-5-13-3-2-4-15(10-13)22(25)26/h2-10H,11H2,1H3,(H,20,23)(H,21,24)/b8-5+. The number of nitrogens with one attached hydrogen (secondary N) is 2. The van der Waals surface area contributed by atoms with Gasteiger partial charge in [0.25, 0.3) is 17.5 Å². The van der Waals surface area contributed by atoms with Crippen LogP contribution in [-0.4, -0.2) is 23.3 Å². The lowest BCUT2D eigenvalue weighted by atomic mass is 10.2. The molecule has 0 fully saturated rings. The summed E-state index contributed by atoms with van der Waals surface area (Å²) >= 11 is 3.34. The second kappa shape index (κ2) is 9.48. The summed E-state index contributed by atoms with van der Waals surface area (Å²) in [6.45, 7) is 1.58. The smallest absolute Gasteiger partial charge is 0.276 e. The third-order valence-corrected chi connectivity index (χ3v) is 3.82. The molecule has 2 rings (SSSR count). The molecule has 8 nitrogen and oxygen atoms in total. The van der Waals surface area contributed by atoms with Crippen molar-refractivity contribution in [2.45, 2.75) is 6.92 Å². The molecule has 9 heteroatoms. The van der Waals surface area contributed by atoms with Gasteiger partial charge < -0.3 is 4.74 Å². The van der Waals surface area contributed by atoms with Crippen molar-refractivity contribution in [1.82, 2.24) is 10.9 Å². The first-order chi connectivity index (χ1) is 12.8. The number of rotatable bonds is 6. The van der Waals surface area contributed by atoms with Crippen molar-refractivity contribution in [3.63, 3.8) is 0 Å². The van der Waals surface area contributed by atoms with E-state index >= 15 is 0 Å². The Morgan fingerprint density at radius 3 is 2.70 bits per heavy atom. The van der Waals surface area contributed by atoms with E-state index in [1.165, 1.54) is 24.3 Å². The van der Waals surface area contributed by atoms with Crippen molar-refractivity contribution in [2.75, 3.05) is 6.61 Å². The van der Waals surface area contributed by atoms with Gasteiger partial charge in [0.2, 0.25) is 0 Å². The molecule has 0 unspecified atom stereocenters. The largest absolute Gasteiger partial charge is 0.483 e. The zero-order valence-corrected chi connectivity index (χ0v) is 15.9. The van der Waals surface area contributed by atoms with Crippen LogP contribution in [0.25, 0.3) is 6.08 Å². The number of aryl methyl sites for hydroxylation is 1. The lowest BCUT2D eigenvalue weighted by molar-refractivity contribution is -0.384. The Hall–Kier alpha value is -3.20. The number of nitrogens with zero attached hydrogens (tertiary/aromatic N) is 1. The molecule has 0 saturated heterocycles. The Morgan fingerprint density at radius 2 is 2.00 bits per heavy atom. The van der Waals surface area contributed by atoms with Crippen molar-refractivity contribution in [3.8, 4) is 5.75 Å². The molecule has 0 aliphatic heterocycles. The molecular weight excluding hydrogens is 418 g/mol. The highest BCUT2D eigenvalue weighted by molar-refractivity contribution is 9.10. The molecule has 0 bridgehead atoms. The van der Waals surface area contributed by atoms with Crippen LogP contribution in [0.15, 0.2) is 53.0 Å². The zero-order chi connectivity index (χ0) is 19.8. The van der Waals surface area contributed by atoms with Crippen molar-refractivity contribution in [3.05, 3.63) is 74.3 Å². The minimum Gasteiger partial charge on any atom is -0.483 e. The summed E-state index contributed by atoms with van der Waals surface area (Å²) in [6.07, 6.45) is 2.55. The molecule has 0 atom stereocenters. The number of carbonyl (C=O) groups is 2. The second-order valence-electron chi connectivity index (χ2n) is 5.42. The molecule has 0 aliphatic rings. The Labute approximate surface area is 163 Å². The van der Waals surface area contributed by atoms with Gasteiger partial charge >= 0.3 is 0 Å². The average Bonchev–Trinajstić information content (AvgIpc) is 2.64. The van der Waals surface area contributed by atoms with Gasteiger partial charge in [-0.1, -0.05) is 28.1 Å². The van der Waals surface area contributed by atoms with E-state index in [9.17, 15) is 19.7 Å². The third kappa shape index (κ3) is 6.55. The van der Waals surface area contributed by atoms with E-state index < -0.39 is 16.7 Å². The Bertz CT molecular complexity index is 898. The SMILES string of the molecule is Cc1cc(Br)ccc1OCC(=O)NNC(=O)/C=C/c1cccc([N+](=O)[O-])c1. The van der Waals surface area contributed by atoms with E-state index in [1.807, 2.05) is 13.0 Å². The second-order valence-corrected chi connectivity index (χ2v) is 6.34. The van der Waals surface area contributed by atoms with Crippen LogP contribution in [0.3, 0.4) is 0 Å². The molecule has 2 aromatic rings. The molecular formula is C18H16BrN3O5. The summed E-state index contributed by atoms with van der Waals surface area (Å²) in [5, 5.41) is 10.7. The molecule has 2 amide bonds. The molecule has 27 heavy (non-hydrogen) atoms. The number of hydrogen-bond donors (Lipinski definition) is 2. The monoisotopic (exact) mass is 433 g/mol. The number of halogens is 1. The fraction of sp³-hybridized carbons (Fsp3) is 0.111. The van der Waals surface area contributed by atoms with Crippen molar-refractivity contribution < 1.29 is 19.2 Å². The Kier molecular flexibility index (Phi) is 7.07. The average molecular weight is 434 g/mol. The number of non-ortho nitro benzene ring substituents is 1. The number of benzene rings is 2. The van der Waals surface area contributed by atoms with Crippen LogP contribution in [0.1, 0.15) is 11.1 Å². The van der Waals surface area contributed by atoms with Gasteiger partial charge in [-0.3, -0.25) is 30.6 Å². The maximum atomic E-state index is 11.7. The number of nitro groups is 1. The molecule has 2 N–H and O–H groups in total. The van der Waals surface area contributed by atoms with E-state index in [0.29, 0.717) is 11.3 Å². The van der Waals surface area contributed by atoms with Crippen molar-refractivity contribution >= 4 is 39.5 Å². The summed E-state index contributed by atoms with van der Waals surface area (Å²) in [4.78, 5) is 33.6. The summed E-state index contributed by atoms with van der Waals surface area (Å²) in [5.41, 5.74) is 5.69. The van der Waals surface area contributed by atoms with Crippen LogP contribution < -0.4 is 15.6 Å². The maximum Gasteiger partial charge on any atom is 0.276 e. The van der Waals surface area contributed by atoms with Crippen LogP contribution in [-0.2, 0) is 9.59 Å². The topological polar surface area (TPSA) is 111 Å². The zero-order valence-electron chi connectivity index (χ0n) is 14.3. The first-order valence-electron chi connectivity index (χ1n) is 7.75. The normalized spacial score (nSPS) is 10.4. The van der Waals surface area contributed by atoms with Crippen molar-refractivity contribution in [2.24, 2.45) is 0 Å². The van der Waals surface area contributed by atoms with Gasteiger partial charge in [0, 0.05) is 22.7 Å². The molecule has 0 radical (unpaired) electrons. The van der Waals surface area contributed by atoms with Crippen molar-refractivity contribution in [1.29, 1.82) is 0 Å². The summed E-state index contributed by atoms with van der Waals surface area (Å²) < 4.78 is 6.29. The van der Waals surface area contributed by atoms with Gasteiger partial charge in [0.15, 0.2) is 6.61 Å². The first-order valence-corrected chi connectivity index (χ1v) is 8.55. The molecule has 0 aliphatic carbocycles. The van der Waals surface area contributed by atoms with Gasteiger partial charge in [-0.2, -0.15) is 0 Å². The summed E-state index contributed by atoms with van der Waals surface area (Å²) in [5.74, 6) is -0.561. The fourth-order valence-electron chi connectivity index (χ4n) is 2.04. The maximum absolute atomic E-state index is 11.7. The Balaban J connectivity index is 1.80. The number of nitro benzene ring substituents is 1. The highest BCUT2D eigenvalue weighted by atomic mass is 79.9. The highest BCUT2D eigenvalue weighted by Gasteiger charge is 2.07. The number of carbonyl (C=O) groups excluding carboxylic acids is 2. The van der Waals surface area contributed by atoms with E-state index in [1.54, 1.807) is 18.2 Å². The third-order valence-electron chi connectivity index (χ3n) is 3.33. The number of hydrazine groups is 1. The quantitative estimate of drug-likeness (QED) is 0.413. The van der Waals surface area contributed by atoms with Gasteiger partial charge in [-0.05, 0) is 42.3 Å². The van der Waals surface area contributed by atoms with E-state index in [-0.39, 0.29) is 12.3 Å². The minimum atomic E-state index is -0.588. The van der Waals surface area contributed by atoms with E-state index in [2.05, 4.69) is 26.8 Å². The molecule has 2 aromatic carbocycles. The number of hydrogen-bond acceptors (Lipinski definition) is 5. The predicted octanol–water partition coefficient (Wildman–Crippen LogP) is 2.91. The first kappa shape index (κ1) is 20.1. The minimum absolute atomic E-state index is 0.0776.